The average Bonchev–Trinajstić information content (AvgIpc) is 3.16. The summed E-state index contributed by atoms with van der Waals surface area (Å²) >= 11 is 0. The fraction of sp³-hybridized carbons (Fsp3) is 0.884. The van der Waals surface area contributed by atoms with Crippen molar-refractivity contribution in [2.24, 2.45) is 0 Å². The molecule has 1 aliphatic rings. The van der Waals surface area contributed by atoms with Gasteiger partial charge in [-0.2, -0.15) is 8.42 Å². The minimum atomic E-state index is -5.08. The van der Waals surface area contributed by atoms with Crippen LogP contribution in [-0.4, -0.2) is 95.4 Å². The van der Waals surface area contributed by atoms with Gasteiger partial charge in [0.2, 0.25) is 5.91 Å². The van der Waals surface area contributed by atoms with E-state index < -0.39 is 59.9 Å². The van der Waals surface area contributed by atoms with Crippen molar-refractivity contribution in [3.63, 3.8) is 0 Å². The number of amides is 1. The van der Waals surface area contributed by atoms with E-state index in [1.165, 1.54) is 103 Å². The summed E-state index contributed by atoms with van der Waals surface area (Å²) in [6.07, 6.45) is 29.3. The lowest BCUT2D eigenvalue weighted by Crippen LogP contribution is -2.61. The maximum absolute atomic E-state index is 13.0. The Morgan fingerprint density at radius 1 is 0.696 bits per heavy atom. The predicted molar refractivity (Wildman–Crippen MR) is 222 cm³/mol. The third-order valence-electron chi connectivity index (χ3n) is 10.5. The number of nitrogens with one attached hydrogen (secondary N) is 1. The molecule has 1 rings (SSSR count). The van der Waals surface area contributed by atoms with Gasteiger partial charge in [-0.3, -0.25) is 9.35 Å². The highest BCUT2D eigenvalue weighted by atomic mass is 32.3. The highest BCUT2D eigenvalue weighted by molar-refractivity contribution is 7.80. The van der Waals surface area contributed by atoms with E-state index in [9.17, 15) is 33.6 Å². The van der Waals surface area contributed by atoms with Gasteiger partial charge in [-0.25, -0.2) is 4.18 Å². The number of aliphatic hydroxyl groups is 4. The fourth-order valence-corrected chi connectivity index (χ4v) is 7.49. The number of ether oxygens (including phenoxy) is 2. The normalized spacial score (nSPS) is 21.6. The number of allylic oxidation sites excluding steroid dienone is 3. The molecule has 1 heterocycles. The summed E-state index contributed by atoms with van der Waals surface area (Å²) in [6.45, 7) is 3.34. The summed E-state index contributed by atoms with van der Waals surface area (Å²) in [6, 6.07) is -0.944. The molecule has 1 saturated heterocycles. The monoisotopic (exact) mass is 820 g/mol. The summed E-state index contributed by atoms with van der Waals surface area (Å²) in [4.78, 5) is 13.0. The lowest BCUT2D eigenvalue weighted by Gasteiger charge is -2.41. The fourth-order valence-electron chi connectivity index (χ4n) is 6.98. The number of hydrogen-bond donors (Lipinski definition) is 6. The molecule has 0 spiro atoms. The van der Waals surface area contributed by atoms with E-state index in [1.54, 1.807) is 6.08 Å². The zero-order chi connectivity index (χ0) is 41.3. The van der Waals surface area contributed by atoms with Crippen molar-refractivity contribution in [3.8, 4) is 0 Å². The summed E-state index contributed by atoms with van der Waals surface area (Å²) in [7, 11) is -5.08. The molecule has 0 aromatic rings. The summed E-state index contributed by atoms with van der Waals surface area (Å²) in [5.41, 5.74) is 0. The van der Waals surface area contributed by atoms with Crippen molar-refractivity contribution in [1.82, 2.24) is 5.32 Å². The van der Waals surface area contributed by atoms with Crippen molar-refractivity contribution in [1.29, 1.82) is 0 Å². The second kappa shape index (κ2) is 34.4. The predicted octanol–water partition coefficient (Wildman–Crippen LogP) is 8.16. The first-order chi connectivity index (χ1) is 27.0. The minimum Gasteiger partial charge on any atom is -0.394 e. The minimum absolute atomic E-state index is 0.259. The summed E-state index contributed by atoms with van der Waals surface area (Å²) in [5.74, 6) is -0.273. The van der Waals surface area contributed by atoms with E-state index in [4.69, 9.17) is 14.0 Å². The lowest BCUT2D eigenvalue weighted by atomic mass is 9.99. The quantitative estimate of drug-likeness (QED) is 0.0201. The molecule has 7 atom stereocenters. The first-order valence-electron chi connectivity index (χ1n) is 22.2. The van der Waals surface area contributed by atoms with Crippen LogP contribution in [0.25, 0.3) is 0 Å². The van der Waals surface area contributed by atoms with Crippen LogP contribution in [0, 0.1) is 0 Å². The Morgan fingerprint density at radius 3 is 1.64 bits per heavy atom. The maximum atomic E-state index is 13.0. The molecule has 1 aliphatic heterocycles. The number of carbonyl (C=O) groups is 1. The molecule has 0 aromatic carbocycles. The SMILES string of the molecule is CCCCC/C=C\CCCCCCCC(=O)NC(COC1OC(CO)C(O)C(OS(=O)(=O)O)C1O)C(O)/C=C/CCCCCCCCCCCCCCCCC. The van der Waals surface area contributed by atoms with Gasteiger partial charge >= 0.3 is 10.4 Å². The van der Waals surface area contributed by atoms with E-state index in [2.05, 4.69) is 35.5 Å². The van der Waals surface area contributed by atoms with Crippen LogP contribution in [0.15, 0.2) is 24.3 Å². The molecule has 1 amide bonds. The largest absolute Gasteiger partial charge is 0.397 e. The third-order valence-corrected chi connectivity index (χ3v) is 10.9. The van der Waals surface area contributed by atoms with Crippen LogP contribution >= 0.6 is 0 Å². The Morgan fingerprint density at radius 2 is 1.14 bits per heavy atom. The van der Waals surface area contributed by atoms with Crippen LogP contribution in [0.4, 0.5) is 0 Å². The number of unbranched alkanes of at least 4 members (excludes halogenated alkanes) is 23. The van der Waals surface area contributed by atoms with Crippen LogP contribution in [0.3, 0.4) is 0 Å². The Balaban J connectivity index is 2.56. The smallest absolute Gasteiger partial charge is 0.394 e. The van der Waals surface area contributed by atoms with E-state index in [1.807, 2.05) is 6.08 Å². The van der Waals surface area contributed by atoms with E-state index >= 15 is 0 Å². The first-order valence-corrected chi connectivity index (χ1v) is 23.6. The Labute approximate surface area is 340 Å². The van der Waals surface area contributed by atoms with E-state index in [0.29, 0.717) is 6.42 Å². The molecule has 7 unspecified atom stereocenters. The topological polar surface area (TPSA) is 192 Å². The molecule has 0 bridgehead atoms. The molecule has 0 aromatic heterocycles. The van der Waals surface area contributed by atoms with Gasteiger partial charge in [-0.1, -0.05) is 160 Å². The Bertz CT molecular complexity index is 1110. The first kappa shape index (κ1) is 52.6. The van der Waals surface area contributed by atoms with Crippen LogP contribution in [0.1, 0.15) is 187 Å². The summed E-state index contributed by atoms with van der Waals surface area (Å²) < 4.78 is 47.5. The average molecular weight is 820 g/mol. The highest BCUT2D eigenvalue weighted by Crippen LogP contribution is 2.26. The molecule has 6 N–H and O–H groups in total. The van der Waals surface area contributed by atoms with Crippen molar-refractivity contribution in [2.45, 2.75) is 230 Å². The second-order valence-corrected chi connectivity index (χ2v) is 16.7. The zero-order valence-corrected chi connectivity index (χ0v) is 35.8. The molecule has 1 fully saturated rings. The van der Waals surface area contributed by atoms with Gasteiger partial charge in [0.15, 0.2) is 6.29 Å². The molecule has 56 heavy (non-hydrogen) atoms. The van der Waals surface area contributed by atoms with Crippen LogP contribution in [0.5, 0.6) is 0 Å². The molecular weight excluding hydrogens is 739 g/mol. The van der Waals surface area contributed by atoms with Gasteiger partial charge < -0.3 is 35.2 Å². The molecule has 0 aliphatic carbocycles. The molecule has 330 valence electrons. The van der Waals surface area contributed by atoms with Gasteiger partial charge in [-0.05, 0) is 44.9 Å². The number of rotatable bonds is 37. The van der Waals surface area contributed by atoms with Crippen molar-refractivity contribution >= 4 is 16.3 Å². The molecule has 12 nitrogen and oxygen atoms in total. The standard InChI is InChI=1S/C43H81NO11S/c1-3-5-7-9-11-13-15-17-18-19-20-21-22-24-26-28-30-32-37(46)36(44-39(47)33-31-29-27-25-23-16-14-12-10-8-6-4-2)35-53-43-41(49)42(55-56(50,51)52)40(48)38(34-45)54-43/h12,14,30,32,36-38,40-43,45-46,48-49H,3-11,13,15-29,31,33-35H2,1-2H3,(H,44,47)(H,50,51,52)/b14-12-,32-30+. The summed E-state index contributed by atoms with van der Waals surface area (Å²) in [5, 5.41) is 44.6. The van der Waals surface area contributed by atoms with E-state index in [0.717, 1.165) is 57.8 Å². The third kappa shape index (κ3) is 27.3. The second-order valence-electron chi connectivity index (χ2n) is 15.6. The molecule has 0 saturated carbocycles. The van der Waals surface area contributed by atoms with Crippen LogP contribution < -0.4 is 5.32 Å². The lowest BCUT2D eigenvalue weighted by molar-refractivity contribution is -0.298. The number of carbonyl (C=O) groups excluding carboxylic acids is 1. The van der Waals surface area contributed by atoms with Gasteiger partial charge in [0.1, 0.15) is 24.4 Å². The van der Waals surface area contributed by atoms with Gasteiger partial charge in [-0.15, -0.1) is 0 Å². The molecule has 13 heteroatoms. The Kier molecular flexibility index (Phi) is 32.4. The Hall–Kier alpha value is -1.42. The highest BCUT2D eigenvalue weighted by Gasteiger charge is 2.48. The zero-order valence-electron chi connectivity index (χ0n) is 35.0. The van der Waals surface area contributed by atoms with Gasteiger partial charge in [0.25, 0.3) is 0 Å². The number of hydrogen-bond acceptors (Lipinski definition) is 10. The van der Waals surface area contributed by atoms with Crippen LogP contribution in [-0.2, 0) is 28.9 Å². The van der Waals surface area contributed by atoms with Gasteiger partial charge in [0.05, 0.1) is 25.4 Å². The molecule has 0 radical (unpaired) electrons. The molecular formula is C43H81NO11S. The van der Waals surface area contributed by atoms with Crippen molar-refractivity contribution in [3.05, 3.63) is 24.3 Å². The maximum Gasteiger partial charge on any atom is 0.397 e. The van der Waals surface area contributed by atoms with Crippen molar-refractivity contribution in [2.75, 3.05) is 13.2 Å². The van der Waals surface area contributed by atoms with Crippen molar-refractivity contribution < 1.29 is 51.8 Å². The number of aliphatic hydroxyl groups excluding tert-OH is 4. The van der Waals surface area contributed by atoms with Gasteiger partial charge in [0, 0.05) is 6.42 Å². The van der Waals surface area contributed by atoms with Crippen LogP contribution in [0.2, 0.25) is 0 Å². The van der Waals surface area contributed by atoms with E-state index in [-0.39, 0.29) is 18.9 Å².